The number of ether oxygens (including phenoxy) is 2. The summed E-state index contributed by atoms with van der Waals surface area (Å²) in [6.45, 7) is 6.92. The van der Waals surface area contributed by atoms with Gasteiger partial charge in [-0.15, -0.1) is 0 Å². The molecule has 2 aliphatic heterocycles. The van der Waals surface area contributed by atoms with E-state index in [1.54, 1.807) is 0 Å². The molecule has 3 nitrogen and oxygen atoms in total. The topological polar surface area (TPSA) is 30.5 Å². The number of aryl methyl sites for hydroxylation is 1. The smallest absolute Gasteiger partial charge is 0.0951 e. The molecular formula is C18H27NO2. The summed E-state index contributed by atoms with van der Waals surface area (Å²) >= 11 is 0. The Kier molecular flexibility index (Phi) is 4.63. The monoisotopic (exact) mass is 289 g/mol. The predicted octanol–water partition coefficient (Wildman–Crippen LogP) is 3.24. The average molecular weight is 289 g/mol. The summed E-state index contributed by atoms with van der Waals surface area (Å²) in [4.78, 5) is 0. The van der Waals surface area contributed by atoms with Gasteiger partial charge in [-0.3, -0.25) is 0 Å². The number of benzene rings is 1. The third-order valence-corrected chi connectivity index (χ3v) is 4.93. The summed E-state index contributed by atoms with van der Waals surface area (Å²) < 4.78 is 11.6. The molecule has 2 saturated heterocycles. The maximum atomic E-state index is 6.01. The van der Waals surface area contributed by atoms with Gasteiger partial charge in [0.1, 0.15) is 0 Å². The van der Waals surface area contributed by atoms with E-state index in [9.17, 15) is 0 Å². The molecule has 1 aromatic carbocycles. The van der Waals surface area contributed by atoms with Gasteiger partial charge in [-0.1, -0.05) is 31.2 Å². The molecule has 116 valence electrons. The van der Waals surface area contributed by atoms with E-state index in [0.717, 1.165) is 45.5 Å². The van der Waals surface area contributed by atoms with Crippen LogP contribution in [0.1, 0.15) is 50.3 Å². The molecule has 2 aliphatic rings. The van der Waals surface area contributed by atoms with Gasteiger partial charge in [0.05, 0.1) is 12.2 Å². The van der Waals surface area contributed by atoms with E-state index in [0.29, 0.717) is 12.1 Å². The van der Waals surface area contributed by atoms with Gasteiger partial charge < -0.3 is 14.8 Å². The van der Waals surface area contributed by atoms with Crippen LogP contribution in [-0.4, -0.2) is 31.5 Å². The summed E-state index contributed by atoms with van der Waals surface area (Å²) in [7, 11) is 0. The van der Waals surface area contributed by atoms with Crippen LogP contribution in [-0.2, 0) is 15.9 Å². The highest BCUT2D eigenvalue weighted by Crippen LogP contribution is 2.33. The molecule has 3 rings (SSSR count). The predicted molar refractivity (Wildman–Crippen MR) is 84.5 cm³/mol. The number of hydrogen-bond acceptors (Lipinski definition) is 3. The minimum atomic E-state index is -0.0122. The normalized spacial score (nSPS) is 30.7. The number of hydrogen-bond donors (Lipinski definition) is 1. The highest BCUT2D eigenvalue weighted by Gasteiger charge is 2.41. The molecule has 0 aromatic heterocycles. The molecule has 1 N–H and O–H groups in total. The standard InChI is InChI=1S/C18H27NO2/c1-3-15-4-6-16(7-5-15)14(2)19-17-8-10-21-18(12-17)9-11-20-13-18/h4-7,14,17,19H,3,8-13H2,1-2H3. The fraction of sp³-hybridized carbons (Fsp3) is 0.667. The van der Waals surface area contributed by atoms with Gasteiger partial charge in [0.2, 0.25) is 0 Å². The highest BCUT2D eigenvalue weighted by atomic mass is 16.6. The maximum Gasteiger partial charge on any atom is 0.0951 e. The number of nitrogens with one attached hydrogen (secondary N) is 1. The molecule has 0 aliphatic carbocycles. The first kappa shape index (κ1) is 15.0. The Morgan fingerprint density at radius 3 is 2.76 bits per heavy atom. The molecule has 3 unspecified atom stereocenters. The summed E-state index contributed by atoms with van der Waals surface area (Å²) in [6.07, 6.45) is 4.32. The lowest BCUT2D eigenvalue weighted by atomic mass is 9.89. The molecular weight excluding hydrogens is 262 g/mol. The van der Waals surface area contributed by atoms with Gasteiger partial charge >= 0.3 is 0 Å². The maximum absolute atomic E-state index is 6.01. The zero-order valence-corrected chi connectivity index (χ0v) is 13.2. The average Bonchev–Trinajstić information content (AvgIpc) is 2.95. The van der Waals surface area contributed by atoms with Crippen LogP contribution in [0.3, 0.4) is 0 Å². The van der Waals surface area contributed by atoms with Gasteiger partial charge in [-0.25, -0.2) is 0 Å². The fourth-order valence-corrected chi connectivity index (χ4v) is 3.53. The molecule has 0 radical (unpaired) electrons. The van der Waals surface area contributed by atoms with E-state index in [-0.39, 0.29) is 5.60 Å². The van der Waals surface area contributed by atoms with Crippen LogP contribution in [0.25, 0.3) is 0 Å². The van der Waals surface area contributed by atoms with E-state index < -0.39 is 0 Å². The van der Waals surface area contributed by atoms with Crippen molar-refractivity contribution in [1.29, 1.82) is 0 Å². The highest BCUT2D eigenvalue weighted by molar-refractivity contribution is 5.24. The van der Waals surface area contributed by atoms with E-state index in [1.807, 2.05) is 0 Å². The van der Waals surface area contributed by atoms with Crippen LogP contribution in [0.4, 0.5) is 0 Å². The van der Waals surface area contributed by atoms with E-state index in [2.05, 4.69) is 43.4 Å². The van der Waals surface area contributed by atoms with Gasteiger partial charge in [0.25, 0.3) is 0 Å². The van der Waals surface area contributed by atoms with Crippen molar-refractivity contribution in [3.8, 4) is 0 Å². The van der Waals surface area contributed by atoms with Crippen LogP contribution in [0.2, 0.25) is 0 Å². The Morgan fingerprint density at radius 1 is 1.29 bits per heavy atom. The quantitative estimate of drug-likeness (QED) is 0.923. The Balaban J connectivity index is 1.59. The van der Waals surface area contributed by atoms with Crippen molar-refractivity contribution in [2.45, 2.75) is 57.2 Å². The van der Waals surface area contributed by atoms with Gasteiger partial charge in [-0.05, 0) is 37.3 Å². The third-order valence-electron chi connectivity index (χ3n) is 4.93. The minimum Gasteiger partial charge on any atom is -0.378 e. The lowest BCUT2D eigenvalue weighted by Gasteiger charge is -2.38. The summed E-state index contributed by atoms with van der Waals surface area (Å²) in [5, 5.41) is 3.79. The van der Waals surface area contributed by atoms with Crippen LogP contribution >= 0.6 is 0 Å². The first-order chi connectivity index (χ1) is 10.2. The summed E-state index contributed by atoms with van der Waals surface area (Å²) in [5.74, 6) is 0. The molecule has 2 heterocycles. The van der Waals surface area contributed by atoms with Crippen molar-refractivity contribution in [2.75, 3.05) is 19.8 Å². The zero-order valence-electron chi connectivity index (χ0n) is 13.2. The first-order valence-corrected chi connectivity index (χ1v) is 8.27. The van der Waals surface area contributed by atoms with E-state index in [4.69, 9.17) is 9.47 Å². The second-order valence-corrected chi connectivity index (χ2v) is 6.51. The first-order valence-electron chi connectivity index (χ1n) is 8.27. The summed E-state index contributed by atoms with van der Waals surface area (Å²) in [5.41, 5.74) is 2.76. The van der Waals surface area contributed by atoms with Gasteiger partial charge in [-0.2, -0.15) is 0 Å². The molecule has 0 amide bonds. The number of rotatable bonds is 4. The summed E-state index contributed by atoms with van der Waals surface area (Å²) in [6, 6.07) is 9.90. The van der Waals surface area contributed by atoms with Gasteiger partial charge in [0, 0.05) is 31.7 Å². The zero-order chi connectivity index (χ0) is 14.7. The SMILES string of the molecule is CCc1ccc(C(C)NC2CCOC3(CCOC3)C2)cc1. The lowest BCUT2D eigenvalue weighted by molar-refractivity contribution is -0.0902. The minimum absolute atomic E-state index is 0.0122. The molecule has 3 heteroatoms. The van der Waals surface area contributed by atoms with E-state index >= 15 is 0 Å². The molecule has 1 aromatic rings. The molecule has 21 heavy (non-hydrogen) atoms. The lowest BCUT2D eigenvalue weighted by Crippen LogP contribution is -2.48. The molecule has 3 atom stereocenters. The van der Waals surface area contributed by atoms with E-state index in [1.165, 1.54) is 11.1 Å². The van der Waals surface area contributed by atoms with Crippen molar-refractivity contribution in [2.24, 2.45) is 0 Å². The molecule has 1 spiro atoms. The largest absolute Gasteiger partial charge is 0.378 e. The van der Waals surface area contributed by atoms with Crippen molar-refractivity contribution in [1.82, 2.24) is 5.32 Å². The fourth-order valence-electron chi connectivity index (χ4n) is 3.53. The van der Waals surface area contributed by atoms with Crippen molar-refractivity contribution < 1.29 is 9.47 Å². The Bertz CT molecular complexity index is 451. The second-order valence-electron chi connectivity index (χ2n) is 6.51. The van der Waals surface area contributed by atoms with Crippen molar-refractivity contribution in [3.63, 3.8) is 0 Å². The van der Waals surface area contributed by atoms with Crippen LogP contribution in [0, 0.1) is 0 Å². The van der Waals surface area contributed by atoms with Crippen LogP contribution in [0.5, 0.6) is 0 Å². The molecule has 0 saturated carbocycles. The Labute approximate surface area is 128 Å². The molecule has 0 bridgehead atoms. The van der Waals surface area contributed by atoms with Crippen LogP contribution in [0.15, 0.2) is 24.3 Å². The van der Waals surface area contributed by atoms with Gasteiger partial charge in [0.15, 0.2) is 0 Å². The second kappa shape index (κ2) is 6.47. The van der Waals surface area contributed by atoms with Crippen molar-refractivity contribution >= 4 is 0 Å². The Morgan fingerprint density at radius 2 is 2.10 bits per heavy atom. The molecule has 2 fully saturated rings. The van der Waals surface area contributed by atoms with Crippen molar-refractivity contribution in [3.05, 3.63) is 35.4 Å². The van der Waals surface area contributed by atoms with Crippen LogP contribution < -0.4 is 5.32 Å². The third kappa shape index (κ3) is 3.47. The Hall–Kier alpha value is -0.900.